The third kappa shape index (κ3) is 3.93. The molecule has 0 atom stereocenters. The Morgan fingerprint density at radius 2 is 2.00 bits per heavy atom. The topological polar surface area (TPSA) is 87.7 Å². The molecule has 0 saturated heterocycles. The van der Waals surface area contributed by atoms with Crippen molar-refractivity contribution in [2.45, 2.75) is 24.4 Å². The van der Waals surface area contributed by atoms with Crippen molar-refractivity contribution >= 4 is 31.4 Å². The number of thiazole rings is 1. The standard InChI is InChI=1S/C15H19N3O4S3/c1-17(11-15-16-6-8-23-15)25(21,22)14-4-3-12-5-7-18(24(2,19)20)10-13(12)9-14/h3-4,6,8-9H,5,7,10-11H2,1-2H3. The van der Waals surface area contributed by atoms with Gasteiger partial charge in [0.2, 0.25) is 20.0 Å². The van der Waals surface area contributed by atoms with Crippen LogP contribution in [0.15, 0.2) is 34.7 Å². The summed E-state index contributed by atoms with van der Waals surface area (Å²) in [5, 5.41) is 2.52. The molecule has 0 aliphatic carbocycles. The molecule has 0 unspecified atom stereocenters. The van der Waals surface area contributed by atoms with E-state index in [1.165, 1.54) is 33.3 Å². The lowest BCUT2D eigenvalue weighted by Crippen LogP contribution is -2.35. The van der Waals surface area contributed by atoms with Crippen LogP contribution in [-0.4, -0.2) is 50.3 Å². The first-order valence-corrected chi connectivity index (χ1v) is 11.8. The summed E-state index contributed by atoms with van der Waals surface area (Å²) in [5.74, 6) is 0. The van der Waals surface area contributed by atoms with Crippen LogP contribution in [0.4, 0.5) is 0 Å². The third-order valence-electron chi connectivity index (χ3n) is 4.17. The van der Waals surface area contributed by atoms with Crippen molar-refractivity contribution in [3.8, 4) is 0 Å². The molecule has 7 nitrogen and oxygen atoms in total. The fraction of sp³-hybridized carbons (Fsp3) is 0.400. The first-order chi connectivity index (χ1) is 11.7. The minimum Gasteiger partial charge on any atom is -0.248 e. The third-order valence-corrected chi connectivity index (χ3v) is 7.99. The molecule has 3 rings (SSSR count). The molecular formula is C15H19N3O4S3. The zero-order valence-electron chi connectivity index (χ0n) is 13.9. The van der Waals surface area contributed by atoms with Crippen LogP contribution in [0, 0.1) is 0 Å². The fourth-order valence-electron chi connectivity index (χ4n) is 2.74. The van der Waals surface area contributed by atoms with Gasteiger partial charge in [0.1, 0.15) is 5.01 Å². The Balaban J connectivity index is 1.88. The lowest BCUT2D eigenvalue weighted by atomic mass is 10.0. The van der Waals surface area contributed by atoms with Crippen molar-refractivity contribution in [3.63, 3.8) is 0 Å². The predicted molar refractivity (Wildman–Crippen MR) is 96.2 cm³/mol. The van der Waals surface area contributed by atoms with Crippen molar-refractivity contribution in [1.29, 1.82) is 0 Å². The Morgan fingerprint density at radius 1 is 1.24 bits per heavy atom. The summed E-state index contributed by atoms with van der Waals surface area (Å²) in [6.07, 6.45) is 3.39. The van der Waals surface area contributed by atoms with E-state index >= 15 is 0 Å². The maximum Gasteiger partial charge on any atom is 0.243 e. The van der Waals surface area contributed by atoms with Gasteiger partial charge in [-0.25, -0.2) is 21.8 Å². The van der Waals surface area contributed by atoms with Crippen LogP contribution in [0.2, 0.25) is 0 Å². The first kappa shape index (κ1) is 18.5. The predicted octanol–water partition coefficient (Wildman–Crippen LogP) is 1.28. The van der Waals surface area contributed by atoms with Gasteiger partial charge in [-0.15, -0.1) is 11.3 Å². The van der Waals surface area contributed by atoms with Crippen LogP contribution in [0.3, 0.4) is 0 Å². The van der Waals surface area contributed by atoms with E-state index < -0.39 is 20.0 Å². The Kier molecular flexibility index (Phi) is 5.00. The van der Waals surface area contributed by atoms with Gasteiger partial charge in [-0.1, -0.05) is 6.07 Å². The minimum atomic E-state index is -3.67. The summed E-state index contributed by atoms with van der Waals surface area (Å²) in [4.78, 5) is 4.28. The van der Waals surface area contributed by atoms with Gasteiger partial charge >= 0.3 is 0 Å². The molecule has 0 N–H and O–H groups in total. The zero-order chi connectivity index (χ0) is 18.2. The highest BCUT2D eigenvalue weighted by Gasteiger charge is 2.27. The van der Waals surface area contributed by atoms with Gasteiger partial charge < -0.3 is 0 Å². The van der Waals surface area contributed by atoms with E-state index in [0.717, 1.165) is 11.1 Å². The molecule has 25 heavy (non-hydrogen) atoms. The highest BCUT2D eigenvalue weighted by atomic mass is 32.2. The average Bonchev–Trinajstić information content (AvgIpc) is 3.05. The number of aromatic nitrogens is 1. The molecule has 0 fully saturated rings. The van der Waals surface area contributed by atoms with Crippen molar-refractivity contribution < 1.29 is 16.8 Å². The largest absolute Gasteiger partial charge is 0.248 e. The molecule has 2 heterocycles. The molecule has 1 aromatic carbocycles. The second kappa shape index (κ2) is 6.76. The normalized spacial score (nSPS) is 16.1. The second-order valence-corrected chi connectivity index (χ2v) is 11.0. The van der Waals surface area contributed by atoms with Gasteiger partial charge in [-0.2, -0.15) is 8.61 Å². The van der Waals surface area contributed by atoms with Crippen LogP contribution >= 0.6 is 11.3 Å². The fourth-order valence-corrected chi connectivity index (χ4v) is 5.47. The number of rotatable bonds is 5. The summed E-state index contributed by atoms with van der Waals surface area (Å²) < 4.78 is 51.7. The molecule has 0 saturated carbocycles. The smallest absolute Gasteiger partial charge is 0.243 e. The highest BCUT2D eigenvalue weighted by Crippen LogP contribution is 2.25. The number of hydrogen-bond donors (Lipinski definition) is 0. The molecule has 2 aromatic rings. The molecule has 0 spiro atoms. The van der Waals surface area contributed by atoms with Crippen molar-refractivity contribution in [2.75, 3.05) is 19.8 Å². The van der Waals surface area contributed by atoms with Gasteiger partial charge in [0.05, 0.1) is 17.7 Å². The van der Waals surface area contributed by atoms with Crippen molar-refractivity contribution in [1.82, 2.24) is 13.6 Å². The van der Waals surface area contributed by atoms with Crippen LogP contribution in [0.5, 0.6) is 0 Å². The summed E-state index contributed by atoms with van der Waals surface area (Å²) in [6.45, 7) is 0.822. The maximum absolute atomic E-state index is 12.8. The molecule has 0 bridgehead atoms. The van der Waals surface area contributed by atoms with Gasteiger partial charge in [-0.05, 0) is 29.7 Å². The van der Waals surface area contributed by atoms with E-state index in [-0.39, 0.29) is 18.0 Å². The first-order valence-electron chi connectivity index (χ1n) is 7.59. The molecule has 1 aromatic heterocycles. The molecule has 10 heteroatoms. The van der Waals surface area contributed by atoms with E-state index in [0.29, 0.717) is 18.0 Å². The average molecular weight is 402 g/mol. The molecule has 1 aliphatic rings. The number of nitrogens with zero attached hydrogens (tertiary/aromatic N) is 3. The molecule has 0 radical (unpaired) electrons. The Bertz CT molecular complexity index is 969. The Morgan fingerprint density at radius 3 is 2.64 bits per heavy atom. The summed E-state index contributed by atoms with van der Waals surface area (Å²) in [6, 6.07) is 4.95. The summed E-state index contributed by atoms with van der Waals surface area (Å²) in [5.41, 5.74) is 1.72. The number of sulfonamides is 2. The number of fused-ring (bicyclic) bond motifs is 1. The van der Waals surface area contributed by atoms with Crippen molar-refractivity contribution in [2.24, 2.45) is 0 Å². The number of benzene rings is 1. The maximum atomic E-state index is 12.8. The highest BCUT2D eigenvalue weighted by molar-refractivity contribution is 7.89. The minimum absolute atomic E-state index is 0.167. The van der Waals surface area contributed by atoms with E-state index in [2.05, 4.69) is 4.98 Å². The summed E-state index contributed by atoms with van der Waals surface area (Å²) in [7, 11) is -5.46. The monoisotopic (exact) mass is 401 g/mol. The van der Waals surface area contributed by atoms with E-state index in [1.54, 1.807) is 29.8 Å². The van der Waals surface area contributed by atoms with Crippen LogP contribution < -0.4 is 0 Å². The van der Waals surface area contributed by atoms with Gasteiger partial charge in [0, 0.05) is 31.7 Å². The van der Waals surface area contributed by atoms with Gasteiger partial charge in [-0.3, -0.25) is 0 Å². The molecular weight excluding hydrogens is 382 g/mol. The van der Waals surface area contributed by atoms with Crippen molar-refractivity contribution in [3.05, 3.63) is 45.9 Å². The van der Waals surface area contributed by atoms with E-state index in [1.807, 2.05) is 0 Å². The lowest BCUT2D eigenvalue weighted by Gasteiger charge is -2.27. The van der Waals surface area contributed by atoms with E-state index in [9.17, 15) is 16.8 Å². The van der Waals surface area contributed by atoms with Gasteiger partial charge in [0.25, 0.3) is 0 Å². The quantitative estimate of drug-likeness (QED) is 0.753. The summed E-state index contributed by atoms with van der Waals surface area (Å²) >= 11 is 1.40. The number of hydrogen-bond acceptors (Lipinski definition) is 6. The lowest BCUT2D eigenvalue weighted by molar-refractivity contribution is 0.394. The molecule has 1 aliphatic heterocycles. The molecule has 0 amide bonds. The second-order valence-electron chi connectivity index (χ2n) is 5.96. The Labute approximate surface area is 152 Å². The molecule has 136 valence electrons. The SMILES string of the molecule is CN(Cc1nccs1)S(=O)(=O)c1ccc2c(c1)CN(S(C)(=O)=O)CC2. The van der Waals surface area contributed by atoms with Crippen LogP contribution in [-0.2, 0) is 39.6 Å². The zero-order valence-corrected chi connectivity index (χ0v) is 16.4. The van der Waals surface area contributed by atoms with Crippen LogP contribution in [0.1, 0.15) is 16.1 Å². The van der Waals surface area contributed by atoms with E-state index in [4.69, 9.17) is 0 Å². The van der Waals surface area contributed by atoms with Crippen LogP contribution in [0.25, 0.3) is 0 Å². The Hall–Kier alpha value is -1.33. The van der Waals surface area contributed by atoms with Gasteiger partial charge in [0.15, 0.2) is 0 Å².